The van der Waals surface area contributed by atoms with Crippen LogP contribution in [-0.4, -0.2) is 34.2 Å². The third-order valence-corrected chi connectivity index (χ3v) is 10.7. The van der Waals surface area contributed by atoms with Crippen molar-refractivity contribution in [1.29, 1.82) is 0 Å². The Balaban J connectivity index is 5.29. The highest BCUT2D eigenvalue weighted by Gasteiger charge is 2.33. The molecule has 2 nitrogen and oxygen atoms in total. The first-order valence-corrected chi connectivity index (χ1v) is 16.9. The monoisotopic (exact) mass is 386 g/mol. The smallest absolute Gasteiger partial charge is 0.193 e. The van der Waals surface area contributed by atoms with Crippen LogP contribution in [0.3, 0.4) is 0 Å². The van der Waals surface area contributed by atoms with E-state index < -0.39 is 16.4 Å². The van der Waals surface area contributed by atoms with Gasteiger partial charge in [0.2, 0.25) is 0 Å². The van der Waals surface area contributed by atoms with Crippen molar-refractivity contribution in [3.63, 3.8) is 0 Å². The average Bonchev–Trinajstić information content (AvgIpc) is 2.57. The first-order valence-electron chi connectivity index (χ1n) is 10.8. The van der Waals surface area contributed by atoms with Crippen molar-refractivity contribution in [2.24, 2.45) is 0 Å². The van der Waals surface area contributed by atoms with E-state index in [1.807, 2.05) is 0 Å². The van der Waals surface area contributed by atoms with Gasteiger partial charge in [0.15, 0.2) is 8.32 Å². The molecule has 0 amide bonds. The van der Waals surface area contributed by atoms with E-state index in [-0.39, 0.29) is 6.10 Å². The topological polar surface area (TPSA) is 29.5 Å². The van der Waals surface area contributed by atoms with Gasteiger partial charge in [-0.05, 0) is 30.1 Å². The molecule has 0 aromatic carbocycles. The van der Waals surface area contributed by atoms with Crippen LogP contribution in [0.25, 0.3) is 0 Å². The summed E-state index contributed by atoms with van der Waals surface area (Å²) in [6.07, 6.45) is 8.10. The van der Waals surface area contributed by atoms with Gasteiger partial charge in [-0.2, -0.15) is 0 Å². The molecular weight excluding hydrogens is 340 g/mol. The van der Waals surface area contributed by atoms with E-state index in [9.17, 15) is 5.11 Å². The van der Waals surface area contributed by atoms with Gasteiger partial charge in [0.05, 0.1) is 20.8 Å². The molecule has 0 radical (unpaired) electrons. The molecule has 0 spiro atoms. The molecule has 0 bridgehead atoms. The fourth-order valence-corrected chi connectivity index (χ4v) is 9.41. The van der Waals surface area contributed by atoms with Crippen molar-refractivity contribution in [2.75, 3.05) is 6.61 Å². The Morgan fingerprint density at radius 2 is 1.32 bits per heavy atom. The second-order valence-electron chi connectivity index (χ2n) is 8.79. The summed E-state index contributed by atoms with van der Waals surface area (Å²) in [6.45, 7) is 16.6. The number of hydrogen-bond donors (Lipinski definition) is 1. The van der Waals surface area contributed by atoms with Crippen LogP contribution in [0.4, 0.5) is 0 Å². The Morgan fingerprint density at radius 1 is 0.880 bits per heavy atom. The van der Waals surface area contributed by atoms with E-state index in [0.29, 0.717) is 6.61 Å². The van der Waals surface area contributed by atoms with E-state index in [2.05, 4.69) is 53.0 Å². The molecule has 25 heavy (non-hydrogen) atoms. The van der Waals surface area contributed by atoms with Crippen molar-refractivity contribution >= 4 is 16.4 Å². The van der Waals surface area contributed by atoms with Crippen LogP contribution in [0.2, 0.25) is 37.8 Å². The molecular formula is C21H46O2Si2. The summed E-state index contributed by atoms with van der Waals surface area (Å²) in [5, 5.41) is 10.5. The maximum atomic E-state index is 10.5. The lowest BCUT2D eigenvalue weighted by Crippen LogP contribution is -2.39. The number of hydrogen-bond acceptors (Lipinski definition) is 2. The SMILES string of the molecule is CCCC[Si](CCCC)(CCCC)OC/C(=C\[Si](C)(C)C)C(O)CC. The maximum Gasteiger partial charge on any atom is 0.193 e. The molecule has 4 heteroatoms. The second-order valence-corrected chi connectivity index (χ2v) is 18.0. The molecule has 0 aromatic heterocycles. The van der Waals surface area contributed by atoms with Gasteiger partial charge < -0.3 is 9.53 Å². The third-order valence-electron chi connectivity index (χ3n) is 4.94. The molecule has 0 aliphatic carbocycles. The minimum atomic E-state index is -1.69. The zero-order valence-corrected chi connectivity index (χ0v) is 20.3. The number of rotatable bonds is 15. The fraction of sp³-hybridized carbons (Fsp3) is 0.905. The van der Waals surface area contributed by atoms with Crippen LogP contribution >= 0.6 is 0 Å². The van der Waals surface area contributed by atoms with Crippen LogP contribution in [0, 0.1) is 0 Å². The predicted octanol–water partition coefficient (Wildman–Crippen LogP) is 6.92. The lowest BCUT2D eigenvalue weighted by molar-refractivity contribution is 0.185. The van der Waals surface area contributed by atoms with Crippen LogP contribution in [-0.2, 0) is 4.43 Å². The minimum Gasteiger partial charge on any atom is -0.413 e. The zero-order chi connectivity index (χ0) is 19.3. The molecule has 0 fully saturated rings. The summed E-state index contributed by atoms with van der Waals surface area (Å²) in [5.74, 6) is 0. The highest BCUT2D eigenvalue weighted by atomic mass is 28.4. The first-order chi connectivity index (χ1) is 11.7. The Kier molecular flexibility index (Phi) is 13.3. The van der Waals surface area contributed by atoms with E-state index in [1.54, 1.807) is 0 Å². The summed E-state index contributed by atoms with van der Waals surface area (Å²) < 4.78 is 6.80. The van der Waals surface area contributed by atoms with E-state index in [0.717, 1.165) is 12.0 Å². The number of aliphatic hydroxyl groups is 1. The molecule has 1 unspecified atom stereocenters. The van der Waals surface area contributed by atoms with Crippen molar-refractivity contribution < 1.29 is 9.53 Å². The van der Waals surface area contributed by atoms with E-state index in [4.69, 9.17) is 4.43 Å². The quantitative estimate of drug-likeness (QED) is 0.309. The van der Waals surface area contributed by atoms with Gasteiger partial charge in [-0.3, -0.25) is 0 Å². The van der Waals surface area contributed by atoms with Gasteiger partial charge in [0, 0.05) is 0 Å². The minimum absolute atomic E-state index is 0.332. The Hall–Kier alpha value is 0.0938. The van der Waals surface area contributed by atoms with Crippen LogP contribution in [0.15, 0.2) is 11.3 Å². The third kappa shape index (κ3) is 11.4. The summed E-state index contributed by atoms with van der Waals surface area (Å²) in [6, 6.07) is 3.89. The Bertz CT molecular complexity index is 340. The van der Waals surface area contributed by atoms with E-state index >= 15 is 0 Å². The summed E-state index contributed by atoms with van der Waals surface area (Å²) in [4.78, 5) is 0. The average molecular weight is 387 g/mol. The van der Waals surface area contributed by atoms with Gasteiger partial charge in [0.25, 0.3) is 0 Å². The standard InChI is InChI=1S/C21H46O2Si2/c1-8-12-15-25(16-13-9-2,17-14-10-3)23-18-20(21(22)11-4)19-24(5,6)7/h19,21-22H,8-18H2,1-7H3/b20-19+. The molecule has 0 saturated heterocycles. The van der Waals surface area contributed by atoms with Crippen LogP contribution in [0.1, 0.15) is 72.6 Å². The first kappa shape index (κ1) is 25.1. The van der Waals surface area contributed by atoms with Crippen molar-refractivity contribution in [3.8, 4) is 0 Å². The molecule has 0 aliphatic heterocycles. The predicted molar refractivity (Wildman–Crippen MR) is 119 cm³/mol. The normalized spacial score (nSPS) is 14.8. The van der Waals surface area contributed by atoms with Gasteiger partial charge in [-0.1, -0.05) is 91.6 Å². The van der Waals surface area contributed by atoms with Crippen molar-refractivity contribution in [3.05, 3.63) is 11.3 Å². The molecule has 0 aliphatic rings. The zero-order valence-electron chi connectivity index (χ0n) is 18.3. The lowest BCUT2D eigenvalue weighted by atomic mass is 10.1. The molecule has 0 heterocycles. The molecule has 150 valence electrons. The molecule has 1 atom stereocenters. The fourth-order valence-electron chi connectivity index (χ4n) is 3.38. The molecule has 0 saturated carbocycles. The van der Waals surface area contributed by atoms with Gasteiger partial charge in [-0.15, -0.1) is 0 Å². The maximum absolute atomic E-state index is 10.5. The highest BCUT2D eigenvalue weighted by molar-refractivity contribution is 6.81. The van der Waals surface area contributed by atoms with Crippen LogP contribution < -0.4 is 0 Å². The van der Waals surface area contributed by atoms with Gasteiger partial charge >= 0.3 is 0 Å². The van der Waals surface area contributed by atoms with Crippen molar-refractivity contribution in [2.45, 2.75) is 117 Å². The highest BCUT2D eigenvalue weighted by Crippen LogP contribution is 2.30. The Morgan fingerprint density at radius 3 is 1.64 bits per heavy atom. The summed E-state index contributed by atoms with van der Waals surface area (Å²) in [7, 11) is -3.05. The van der Waals surface area contributed by atoms with E-state index in [1.165, 1.54) is 56.7 Å². The van der Waals surface area contributed by atoms with Crippen LogP contribution in [0.5, 0.6) is 0 Å². The number of unbranched alkanes of at least 4 members (excludes halogenated alkanes) is 3. The molecule has 0 aromatic rings. The second kappa shape index (κ2) is 13.3. The number of aliphatic hydroxyl groups excluding tert-OH is 1. The molecule has 1 N–H and O–H groups in total. The largest absolute Gasteiger partial charge is 0.413 e. The molecule has 0 rings (SSSR count). The van der Waals surface area contributed by atoms with Gasteiger partial charge in [0.1, 0.15) is 0 Å². The Labute approximate surface area is 160 Å². The summed E-state index contributed by atoms with van der Waals surface area (Å²) >= 11 is 0. The van der Waals surface area contributed by atoms with Crippen molar-refractivity contribution in [1.82, 2.24) is 0 Å². The lowest BCUT2D eigenvalue weighted by Gasteiger charge is -2.33. The van der Waals surface area contributed by atoms with Gasteiger partial charge in [-0.25, -0.2) is 0 Å². The summed E-state index contributed by atoms with van der Waals surface area (Å²) in [5.41, 5.74) is 3.53.